The summed E-state index contributed by atoms with van der Waals surface area (Å²) in [6, 6.07) is 3.31. The lowest BCUT2D eigenvalue weighted by atomic mass is 10.1. The van der Waals surface area contributed by atoms with Crippen molar-refractivity contribution in [2.75, 3.05) is 42.3 Å². The van der Waals surface area contributed by atoms with Crippen LogP contribution in [0.3, 0.4) is 0 Å². The lowest BCUT2D eigenvalue weighted by Crippen LogP contribution is -2.43. The van der Waals surface area contributed by atoms with Crippen LogP contribution in [0.4, 0.5) is 22.0 Å². The van der Waals surface area contributed by atoms with E-state index in [-0.39, 0.29) is 11.9 Å². The SMILES string of the molecule is CN(C)c1nccc(NC2CCCN(c3ncc(Cl)cc3F)C2)n1. The number of anilines is 3. The maximum Gasteiger partial charge on any atom is 0.226 e. The van der Waals surface area contributed by atoms with Gasteiger partial charge in [0.15, 0.2) is 11.6 Å². The van der Waals surface area contributed by atoms with E-state index in [2.05, 4.69) is 20.3 Å². The second kappa shape index (κ2) is 7.17. The van der Waals surface area contributed by atoms with Gasteiger partial charge in [0.2, 0.25) is 5.95 Å². The van der Waals surface area contributed by atoms with Crippen molar-refractivity contribution in [1.29, 1.82) is 0 Å². The molecule has 1 aliphatic heterocycles. The zero-order valence-corrected chi connectivity index (χ0v) is 14.5. The molecule has 3 rings (SSSR count). The van der Waals surface area contributed by atoms with Crippen molar-refractivity contribution in [1.82, 2.24) is 15.0 Å². The summed E-state index contributed by atoms with van der Waals surface area (Å²) < 4.78 is 14.1. The van der Waals surface area contributed by atoms with Gasteiger partial charge in [0.1, 0.15) is 5.82 Å². The van der Waals surface area contributed by atoms with Crippen molar-refractivity contribution >= 4 is 29.2 Å². The second-order valence-electron chi connectivity index (χ2n) is 6.02. The molecular formula is C16H20ClFN6. The first-order valence-electron chi connectivity index (χ1n) is 7.86. The van der Waals surface area contributed by atoms with Crippen molar-refractivity contribution in [3.8, 4) is 0 Å². The van der Waals surface area contributed by atoms with Gasteiger partial charge in [0, 0.05) is 45.6 Å². The van der Waals surface area contributed by atoms with E-state index in [0.29, 0.717) is 23.3 Å². The van der Waals surface area contributed by atoms with Crippen LogP contribution in [0.15, 0.2) is 24.5 Å². The van der Waals surface area contributed by atoms with Gasteiger partial charge in [-0.1, -0.05) is 11.6 Å². The van der Waals surface area contributed by atoms with E-state index in [0.717, 1.165) is 25.2 Å². The van der Waals surface area contributed by atoms with Gasteiger partial charge < -0.3 is 15.1 Å². The van der Waals surface area contributed by atoms with Crippen molar-refractivity contribution in [3.05, 3.63) is 35.4 Å². The van der Waals surface area contributed by atoms with Gasteiger partial charge in [-0.3, -0.25) is 0 Å². The normalized spacial score (nSPS) is 17.7. The van der Waals surface area contributed by atoms with Crippen LogP contribution in [0.2, 0.25) is 5.02 Å². The van der Waals surface area contributed by atoms with Crippen LogP contribution in [0, 0.1) is 5.82 Å². The molecule has 0 bridgehead atoms. The predicted octanol–water partition coefficient (Wildman–Crippen LogP) is 2.81. The van der Waals surface area contributed by atoms with Gasteiger partial charge in [0.05, 0.1) is 5.02 Å². The number of aromatic nitrogens is 3. The molecule has 0 aliphatic carbocycles. The number of rotatable bonds is 4. The molecule has 1 fully saturated rings. The summed E-state index contributed by atoms with van der Waals surface area (Å²) in [5.74, 6) is 1.38. The van der Waals surface area contributed by atoms with E-state index in [4.69, 9.17) is 11.6 Å². The zero-order chi connectivity index (χ0) is 17.1. The van der Waals surface area contributed by atoms with Crippen LogP contribution in [0.5, 0.6) is 0 Å². The lowest BCUT2D eigenvalue weighted by molar-refractivity contribution is 0.513. The highest BCUT2D eigenvalue weighted by Crippen LogP contribution is 2.24. The number of hydrogen-bond acceptors (Lipinski definition) is 6. The van der Waals surface area contributed by atoms with E-state index in [1.807, 2.05) is 30.0 Å². The maximum atomic E-state index is 14.1. The first-order valence-corrected chi connectivity index (χ1v) is 8.23. The Morgan fingerprint density at radius 1 is 1.38 bits per heavy atom. The maximum absolute atomic E-state index is 14.1. The van der Waals surface area contributed by atoms with E-state index < -0.39 is 0 Å². The average Bonchev–Trinajstić information content (AvgIpc) is 2.55. The van der Waals surface area contributed by atoms with E-state index in [9.17, 15) is 4.39 Å². The molecule has 0 spiro atoms. The minimum atomic E-state index is -0.389. The Kier molecular flexibility index (Phi) is 4.99. The number of pyridine rings is 1. The smallest absolute Gasteiger partial charge is 0.226 e. The number of nitrogens with one attached hydrogen (secondary N) is 1. The highest BCUT2D eigenvalue weighted by atomic mass is 35.5. The highest BCUT2D eigenvalue weighted by molar-refractivity contribution is 6.30. The van der Waals surface area contributed by atoms with Crippen LogP contribution in [0.1, 0.15) is 12.8 Å². The molecule has 1 unspecified atom stereocenters. The Balaban J connectivity index is 1.70. The molecule has 0 radical (unpaired) electrons. The van der Waals surface area contributed by atoms with Crippen LogP contribution in [-0.4, -0.2) is 48.2 Å². The summed E-state index contributed by atoms with van der Waals surface area (Å²) in [6.45, 7) is 1.43. The topological polar surface area (TPSA) is 57.2 Å². The third-order valence-corrected chi connectivity index (χ3v) is 4.11. The fourth-order valence-corrected chi connectivity index (χ4v) is 2.93. The Bertz CT molecular complexity index is 711. The molecule has 1 N–H and O–H groups in total. The minimum absolute atomic E-state index is 0.167. The number of nitrogens with zero attached hydrogens (tertiary/aromatic N) is 5. The molecule has 6 nitrogen and oxygen atoms in total. The third kappa shape index (κ3) is 3.84. The van der Waals surface area contributed by atoms with Crippen LogP contribution < -0.4 is 15.1 Å². The van der Waals surface area contributed by atoms with Gasteiger partial charge in [-0.15, -0.1) is 0 Å². The monoisotopic (exact) mass is 350 g/mol. The first-order chi connectivity index (χ1) is 11.5. The van der Waals surface area contributed by atoms with Gasteiger partial charge in [-0.2, -0.15) is 4.98 Å². The van der Waals surface area contributed by atoms with E-state index >= 15 is 0 Å². The summed E-state index contributed by atoms with van der Waals surface area (Å²) in [4.78, 5) is 16.6. The van der Waals surface area contributed by atoms with Crippen LogP contribution in [-0.2, 0) is 0 Å². The molecule has 8 heteroatoms. The summed E-state index contributed by atoms with van der Waals surface area (Å²) in [5.41, 5.74) is 0. The number of halogens is 2. The fourth-order valence-electron chi connectivity index (χ4n) is 2.78. The molecule has 1 aliphatic rings. The molecule has 2 aromatic rings. The van der Waals surface area contributed by atoms with E-state index in [1.165, 1.54) is 12.3 Å². The summed E-state index contributed by atoms with van der Waals surface area (Å²) in [5, 5.41) is 3.72. The first kappa shape index (κ1) is 16.7. The molecule has 0 amide bonds. The van der Waals surface area contributed by atoms with Crippen molar-refractivity contribution in [3.63, 3.8) is 0 Å². The fraction of sp³-hybridized carbons (Fsp3) is 0.438. The predicted molar refractivity (Wildman–Crippen MR) is 94.4 cm³/mol. The van der Waals surface area contributed by atoms with Crippen molar-refractivity contribution < 1.29 is 4.39 Å². The Morgan fingerprint density at radius 3 is 2.96 bits per heavy atom. The molecule has 128 valence electrons. The summed E-state index contributed by atoms with van der Waals surface area (Å²) >= 11 is 5.78. The van der Waals surface area contributed by atoms with Crippen molar-refractivity contribution in [2.24, 2.45) is 0 Å². The zero-order valence-electron chi connectivity index (χ0n) is 13.7. The molecule has 3 heterocycles. The molecule has 24 heavy (non-hydrogen) atoms. The van der Waals surface area contributed by atoms with E-state index in [1.54, 1.807) is 6.20 Å². The Hall–Kier alpha value is -2.15. The highest BCUT2D eigenvalue weighted by Gasteiger charge is 2.23. The standard InChI is InChI=1S/C16H20ClFN6/c1-23(2)16-19-6-5-14(22-16)21-12-4-3-7-24(10-12)15-13(18)8-11(17)9-20-15/h5-6,8-9,12H,3-4,7,10H2,1-2H3,(H,19,21,22). The Morgan fingerprint density at radius 2 is 2.21 bits per heavy atom. The largest absolute Gasteiger partial charge is 0.365 e. The molecular weight excluding hydrogens is 331 g/mol. The van der Waals surface area contributed by atoms with Gasteiger partial charge >= 0.3 is 0 Å². The third-order valence-electron chi connectivity index (χ3n) is 3.90. The molecule has 1 saturated heterocycles. The van der Waals surface area contributed by atoms with Gasteiger partial charge in [-0.05, 0) is 25.0 Å². The van der Waals surface area contributed by atoms with Crippen LogP contribution in [0.25, 0.3) is 0 Å². The molecule has 0 saturated carbocycles. The van der Waals surface area contributed by atoms with Gasteiger partial charge in [0.25, 0.3) is 0 Å². The molecule has 0 aromatic carbocycles. The quantitative estimate of drug-likeness (QED) is 0.915. The average molecular weight is 351 g/mol. The van der Waals surface area contributed by atoms with Gasteiger partial charge in [-0.25, -0.2) is 14.4 Å². The van der Waals surface area contributed by atoms with Crippen molar-refractivity contribution in [2.45, 2.75) is 18.9 Å². The minimum Gasteiger partial charge on any atom is -0.365 e. The second-order valence-corrected chi connectivity index (χ2v) is 6.46. The Labute approximate surface area is 145 Å². The summed E-state index contributed by atoms with van der Waals surface area (Å²) in [7, 11) is 3.80. The molecule has 2 aromatic heterocycles. The number of piperidine rings is 1. The summed E-state index contributed by atoms with van der Waals surface area (Å²) in [6.07, 6.45) is 5.15. The molecule has 1 atom stereocenters. The lowest BCUT2D eigenvalue weighted by Gasteiger charge is -2.34. The number of hydrogen-bond donors (Lipinski definition) is 1. The van der Waals surface area contributed by atoms with Crippen LogP contribution >= 0.6 is 11.6 Å².